The molecule has 14 heavy (non-hydrogen) atoms. The molecule has 0 rings (SSSR count). The predicted molar refractivity (Wildman–Crippen MR) is 60.2 cm³/mol. The molecular formula is C7H16Cl2N2O2S. The predicted octanol–water partition coefficient (Wildman–Crippen LogP) is 0.961. The quantitative estimate of drug-likeness (QED) is 0.670. The first kappa shape index (κ1) is 14.5. The molecule has 1 unspecified atom stereocenters. The van der Waals surface area contributed by atoms with Crippen LogP contribution in [0.15, 0.2) is 0 Å². The van der Waals surface area contributed by atoms with Crippen LogP contribution in [0.2, 0.25) is 0 Å². The summed E-state index contributed by atoms with van der Waals surface area (Å²) in [6, 6.07) is 0. The summed E-state index contributed by atoms with van der Waals surface area (Å²) in [7, 11) is -0.435. The van der Waals surface area contributed by atoms with Gasteiger partial charge in [0.2, 0.25) is 0 Å². The molecule has 0 amide bonds. The Morgan fingerprint density at radius 1 is 1.36 bits per heavy atom. The Kier molecular flexibility index (Phi) is 6.32. The van der Waals surface area contributed by atoms with Crippen molar-refractivity contribution in [1.29, 1.82) is 0 Å². The van der Waals surface area contributed by atoms with E-state index in [0.29, 0.717) is 0 Å². The van der Waals surface area contributed by atoms with Crippen LogP contribution in [0.5, 0.6) is 0 Å². The Morgan fingerprint density at radius 2 is 1.86 bits per heavy atom. The van der Waals surface area contributed by atoms with E-state index < -0.39 is 10.2 Å². The third-order valence-corrected chi connectivity index (χ3v) is 3.79. The molecular weight excluding hydrogens is 247 g/mol. The molecule has 86 valence electrons. The minimum absolute atomic E-state index is 0.229. The van der Waals surface area contributed by atoms with E-state index >= 15 is 0 Å². The van der Waals surface area contributed by atoms with E-state index in [2.05, 4.69) is 0 Å². The lowest BCUT2D eigenvalue weighted by Crippen LogP contribution is -2.43. The second kappa shape index (κ2) is 6.12. The normalized spacial score (nSPS) is 15.1. The fourth-order valence-corrected chi connectivity index (χ4v) is 2.66. The molecule has 4 nitrogen and oxygen atoms in total. The van der Waals surface area contributed by atoms with E-state index in [1.165, 1.54) is 18.4 Å². The van der Waals surface area contributed by atoms with Crippen LogP contribution in [0.3, 0.4) is 0 Å². The highest BCUT2D eigenvalue weighted by Gasteiger charge is 2.24. The second-order valence-corrected chi connectivity index (χ2v) is 6.38. The fraction of sp³-hybridized carbons (Fsp3) is 1.00. The van der Waals surface area contributed by atoms with Gasteiger partial charge in [0.1, 0.15) is 0 Å². The Balaban J connectivity index is 4.64. The highest BCUT2D eigenvalue weighted by Crippen LogP contribution is 2.08. The summed E-state index contributed by atoms with van der Waals surface area (Å²) in [5.41, 5.74) is 0. The monoisotopic (exact) mass is 262 g/mol. The Bertz CT molecular complexity index is 254. The number of nitrogens with zero attached hydrogens (tertiary/aromatic N) is 2. The molecule has 0 aromatic carbocycles. The molecule has 0 bridgehead atoms. The van der Waals surface area contributed by atoms with Crippen LogP contribution in [-0.2, 0) is 10.2 Å². The highest BCUT2D eigenvalue weighted by molar-refractivity contribution is 7.86. The van der Waals surface area contributed by atoms with E-state index in [1.807, 2.05) is 0 Å². The largest absolute Gasteiger partial charge is 0.281 e. The molecule has 0 N–H and O–H groups in total. The van der Waals surface area contributed by atoms with Gasteiger partial charge in [-0.3, -0.25) is 0 Å². The van der Waals surface area contributed by atoms with Gasteiger partial charge in [-0.15, -0.1) is 23.2 Å². The zero-order valence-corrected chi connectivity index (χ0v) is 10.9. The van der Waals surface area contributed by atoms with Gasteiger partial charge >= 0.3 is 0 Å². The average Bonchev–Trinajstić information content (AvgIpc) is 2.02. The molecule has 0 aliphatic rings. The minimum atomic E-state index is -3.40. The minimum Gasteiger partial charge on any atom is -0.195 e. The van der Waals surface area contributed by atoms with Crippen molar-refractivity contribution < 1.29 is 8.42 Å². The number of hydrogen-bond acceptors (Lipinski definition) is 2. The summed E-state index contributed by atoms with van der Waals surface area (Å²) in [5, 5.41) is -0.229. The van der Waals surface area contributed by atoms with Gasteiger partial charge in [-0.05, 0) is 6.92 Å². The summed E-state index contributed by atoms with van der Waals surface area (Å²) in [5.74, 6) is 0.261. The van der Waals surface area contributed by atoms with Gasteiger partial charge in [-0.1, -0.05) is 0 Å². The smallest absolute Gasteiger partial charge is 0.195 e. The van der Waals surface area contributed by atoms with Crippen molar-refractivity contribution in [2.75, 3.05) is 33.1 Å². The summed E-state index contributed by atoms with van der Waals surface area (Å²) in [4.78, 5) is 0. The SMILES string of the molecule is CC(Cl)CN(CCCl)S(=O)(=O)N(C)C. The summed E-state index contributed by atoms with van der Waals surface area (Å²) in [6.45, 7) is 2.29. The maximum absolute atomic E-state index is 11.7. The maximum Gasteiger partial charge on any atom is 0.281 e. The lowest BCUT2D eigenvalue weighted by atomic mass is 10.5. The maximum atomic E-state index is 11.7. The first-order chi connectivity index (χ1) is 6.32. The van der Waals surface area contributed by atoms with Gasteiger partial charge in [-0.25, -0.2) is 0 Å². The van der Waals surface area contributed by atoms with Crippen molar-refractivity contribution in [3.63, 3.8) is 0 Å². The lowest BCUT2D eigenvalue weighted by Gasteiger charge is -2.25. The van der Waals surface area contributed by atoms with Crippen LogP contribution < -0.4 is 0 Å². The molecule has 7 heteroatoms. The molecule has 0 fully saturated rings. The van der Waals surface area contributed by atoms with Crippen molar-refractivity contribution in [2.24, 2.45) is 0 Å². The van der Waals surface area contributed by atoms with Crippen LogP contribution in [0, 0.1) is 0 Å². The Hall–Kier alpha value is 0.450. The molecule has 0 spiro atoms. The van der Waals surface area contributed by atoms with Crippen molar-refractivity contribution >= 4 is 33.4 Å². The lowest BCUT2D eigenvalue weighted by molar-refractivity contribution is 0.389. The summed E-state index contributed by atoms with van der Waals surface area (Å²) < 4.78 is 25.8. The topological polar surface area (TPSA) is 40.6 Å². The zero-order valence-electron chi connectivity index (χ0n) is 8.57. The second-order valence-electron chi connectivity index (χ2n) is 3.12. The van der Waals surface area contributed by atoms with Gasteiger partial charge < -0.3 is 0 Å². The van der Waals surface area contributed by atoms with E-state index in [4.69, 9.17) is 23.2 Å². The molecule has 1 atom stereocenters. The molecule has 0 saturated heterocycles. The standard InChI is InChI=1S/C7H16Cl2N2O2S/c1-7(9)6-11(5-4-8)14(12,13)10(2)3/h7H,4-6H2,1-3H3. The van der Waals surface area contributed by atoms with Gasteiger partial charge in [0.25, 0.3) is 10.2 Å². The van der Waals surface area contributed by atoms with Gasteiger partial charge in [0.15, 0.2) is 0 Å². The number of alkyl halides is 2. The first-order valence-corrected chi connectivity index (χ1v) is 6.56. The Morgan fingerprint density at radius 3 is 2.14 bits per heavy atom. The van der Waals surface area contributed by atoms with Crippen LogP contribution in [0.1, 0.15) is 6.92 Å². The molecule has 0 aromatic rings. The van der Waals surface area contributed by atoms with E-state index in [0.717, 1.165) is 4.31 Å². The molecule has 0 aliphatic carbocycles. The molecule has 0 saturated carbocycles. The van der Waals surface area contributed by atoms with Crippen LogP contribution >= 0.6 is 23.2 Å². The van der Waals surface area contributed by atoms with Gasteiger partial charge in [-0.2, -0.15) is 17.0 Å². The Labute approximate surface area is 96.0 Å². The van der Waals surface area contributed by atoms with Crippen LogP contribution in [0.4, 0.5) is 0 Å². The molecule has 0 aromatic heterocycles. The third-order valence-electron chi connectivity index (χ3n) is 1.58. The molecule has 0 aliphatic heterocycles. The van der Waals surface area contributed by atoms with Gasteiger partial charge in [0, 0.05) is 38.4 Å². The van der Waals surface area contributed by atoms with Crippen molar-refractivity contribution in [3.05, 3.63) is 0 Å². The van der Waals surface area contributed by atoms with Crippen LogP contribution in [0.25, 0.3) is 0 Å². The fourth-order valence-electron chi connectivity index (χ4n) is 0.907. The number of rotatable bonds is 6. The van der Waals surface area contributed by atoms with E-state index in [9.17, 15) is 8.42 Å². The number of halogens is 2. The highest BCUT2D eigenvalue weighted by atomic mass is 35.5. The van der Waals surface area contributed by atoms with Gasteiger partial charge in [0.05, 0.1) is 0 Å². The van der Waals surface area contributed by atoms with Crippen molar-refractivity contribution in [2.45, 2.75) is 12.3 Å². The average molecular weight is 263 g/mol. The summed E-state index contributed by atoms with van der Waals surface area (Å²) >= 11 is 11.3. The molecule has 0 heterocycles. The van der Waals surface area contributed by atoms with Crippen molar-refractivity contribution in [3.8, 4) is 0 Å². The molecule has 0 radical (unpaired) electrons. The first-order valence-electron chi connectivity index (χ1n) is 4.20. The third kappa shape index (κ3) is 4.31. The van der Waals surface area contributed by atoms with Crippen LogP contribution in [-0.4, -0.2) is 55.5 Å². The van der Waals surface area contributed by atoms with E-state index in [1.54, 1.807) is 6.92 Å². The van der Waals surface area contributed by atoms with E-state index in [-0.39, 0.29) is 24.3 Å². The van der Waals surface area contributed by atoms with Crippen molar-refractivity contribution in [1.82, 2.24) is 8.61 Å². The number of hydrogen-bond donors (Lipinski definition) is 0. The summed E-state index contributed by atoms with van der Waals surface area (Å²) in [6.07, 6.45) is 0. The zero-order chi connectivity index (χ0) is 11.4.